The highest BCUT2D eigenvalue weighted by Gasteiger charge is 2.38. The number of likely N-dealkylation sites (tertiary alicyclic amines) is 1. The van der Waals surface area contributed by atoms with Gasteiger partial charge in [0.2, 0.25) is 0 Å². The summed E-state index contributed by atoms with van der Waals surface area (Å²) in [6.07, 6.45) is 1.13. The second kappa shape index (κ2) is 16.7. The van der Waals surface area contributed by atoms with Crippen LogP contribution in [0.15, 0.2) is 55.0 Å². The molecule has 2 N–H and O–H groups in total. The molecule has 0 saturated carbocycles. The van der Waals surface area contributed by atoms with E-state index in [0.29, 0.717) is 42.2 Å². The first-order chi connectivity index (χ1) is 26.0. The van der Waals surface area contributed by atoms with Crippen LogP contribution in [0.3, 0.4) is 0 Å². The Hall–Kier alpha value is -4.51. The van der Waals surface area contributed by atoms with E-state index in [-0.39, 0.29) is 37.5 Å². The topological polar surface area (TPSA) is 136 Å². The number of ether oxygens (including phenoxy) is 3. The van der Waals surface area contributed by atoms with Gasteiger partial charge in [0.15, 0.2) is 0 Å². The third-order valence-electron chi connectivity index (χ3n) is 9.36. The molecular formula is C39H52F2N8O5Si. The van der Waals surface area contributed by atoms with Crippen molar-refractivity contribution in [1.82, 2.24) is 29.7 Å². The monoisotopic (exact) mass is 778 g/mol. The van der Waals surface area contributed by atoms with E-state index in [1.807, 2.05) is 61.7 Å². The van der Waals surface area contributed by atoms with Gasteiger partial charge in [-0.2, -0.15) is 8.78 Å². The molecule has 296 valence electrons. The van der Waals surface area contributed by atoms with Crippen LogP contribution >= 0.6 is 0 Å². The fourth-order valence-electron chi connectivity index (χ4n) is 6.70. The summed E-state index contributed by atoms with van der Waals surface area (Å²) in [5.41, 5.74) is 3.42. The molecule has 2 aliphatic rings. The zero-order valence-electron chi connectivity index (χ0n) is 32.5. The maximum Gasteiger partial charge on any atom is 0.407 e. The van der Waals surface area contributed by atoms with E-state index in [1.165, 1.54) is 11.2 Å². The molecule has 3 aromatic heterocycles. The van der Waals surface area contributed by atoms with E-state index in [0.717, 1.165) is 42.3 Å². The molecule has 0 spiro atoms. The van der Waals surface area contributed by atoms with Crippen molar-refractivity contribution in [2.45, 2.75) is 90.3 Å². The summed E-state index contributed by atoms with van der Waals surface area (Å²) >= 11 is 0. The van der Waals surface area contributed by atoms with Crippen LogP contribution in [-0.2, 0) is 27.5 Å². The molecule has 1 aromatic carbocycles. The molecule has 4 aromatic rings. The molecule has 0 radical (unpaired) electrons. The molecule has 0 unspecified atom stereocenters. The van der Waals surface area contributed by atoms with Gasteiger partial charge in [-0.3, -0.25) is 14.7 Å². The highest BCUT2D eigenvalue weighted by molar-refractivity contribution is 6.76. The number of aromatic nitrogens is 4. The number of hydrogen-bond donors (Lipinski definition) is 2. The number of fused-ring (bicyclic) bond motifs is 1. The molecule has 2 saturated heterocycles. The zero-order valence-corrected chi connectivity index (χ0v) is 33.5. The van der Waals surface area contributed by atoms with Crippen molar-refractivity contribution in [3.05, 3.63) is 66.2 Å². The van der Waals surface area contributed by atoms with Crippen molar-refractivity contribution in [3.8, 4) is 11.3 Å². The molecule has 1 atom stereocenters. The van der Waals surface area contributed by atoms with Crippen LogP contribution in [0.5, 0.6) is 0 Å². The first-order valence-corrected chi connectivity index (χ1v) is 22.5. The molecule has 2 fully saturated rings. The summed E-state index contributed by atoms with van der Waals surface area (Å²) in [5, 5.41) is 6.57. The maximum absolute atomic E-state index is 14.2. The number of nitrogens with one attached hydrogen (secondary N) is 2. The number of hydrogen-bond acceptors (Lipinski definition) is 10. The van der Waals surface area contributed by atoms with Crippen LogP contribution in [0, 0.1) is 0 Å². The molecule has 55 heavy (non-hydrogen) atoms. The van der Waals surface area contributed by atoms with E-state index >= 15 is 0 Å². The molecule has 16 heteroatoms. The van der Waals surface area contributed by atoms with Crippen molar-refractivity contribution < 1.29 is 32.6 Å². The van der Waals surface area contributed by atoms with Crippen LogP contribution in [0.4, 0.5) is 25.1 Å². The summed E-state index contributed by atoms with van der Waals surface area (Å²) < 4.78 is 46.7. The standard InChI is InChI=1S/C39H52F2N8O5Si/c1-38(2,3)54-37(51)46-30-8-7-15-47(23-30)22-27-13-14-42-32(20-27)36(50)45-29-11-9-28(10-12-29)33-21-31-34(48-16-17-53-39(40,41)24-48)43-25-44-35(31)49(33)26-52-18-19-55(4,5)6/h9-14,20-21,25,30H,7-8,15-19,22-24,26H2,1-6H3,(H,45,50)(H,46,51)/t30-/m1/s1. The minimum atomic E-state index is -3.28. The SMILES string of the molecule is CC(C)(C)OC(=O)N[C@@H]1CCCN(Cc2ccnc(C(=O)Nc3ccc(-c4cc5c(N6CCOC(F)(F)C6)ncnc5n4COCC[Si](C)(C)C)cc3)c2)C1. The highest BCUT2D eigenvalue weighted by atomic mass is 28.3. The smallest absolute Gasteiger partial charge is 0.407 e. The molecule has 0 aliphatic carbocycles. The van der Waals surface area contributed by atoms with Gasteiger partial charge in [0.25, 0.3) is 5.91 Å². The number of nitrogens with zero attached hydrogens (tertiary/aromatic N) is 6. The Bertz CT molecular complexity index is 1960. The van der Waals surface area contributed by atoms with Gasteiger partial charge in [-0.05, 0) is 87.7 Å². The van der Waals surface area contributed by atoms with Gasteiger partial charge < -0.3 is 34.3 Å². The first-order valence-electron chi connectivity index (χ1n) is 18.8. The summed E-state index contributed by atoms with van der Waals surface area (Å²) in [4.78, 5) is 42.8. The van der Waals surface area contributed by atoms with Gasteiger partial charge >= 0.3 is 12.2 Å². The predicted octanol–water partition coefficient (Wildman–Crippen LogP) is 6.98. The number of rotatable bonds is 12. The van der Waals surface area contributed by atoms with Crippen molar-refractivity contribution in [2.75, 3.05) is 49.6 Å². The number of anilines is 2. The van der Waals surface area contributed by atoms with Gasteiger partial charge in [-0.25, -0.2) is 14.8 Å². The lowest BCUT2D eigenvalue weighted by molar-refractivity contribution is -0.240. The number of alkyl carbamates (subject to hydrolysis) is 1. The van der Waals surface area contributed by atoms with Crippen LogP contribution in [0.25, 0.3) is 22.3 Å². The van der Waals surface area contributed by atoms with Crippen molar-refractivity contribution >= 4 is 42.6 Å². The number of carbonyl (C=O) groups is 2. The number of alkyl halides is 2. The predicted molar refractivity (Wildman–Crippen MR) is 210 cm³/mol. The molecule has 2 amide bonds. The minimum Gasteiger partial charge on any atom is -0.444 e. The third kappa shape index (κ3) is 11.1. The number of halogens is 2. The van der Waals surface area contributed by atoms with E-state index in [1.54, 1.807) is 12.3 Å². The lowest BCUT2D eigenvalue weighted by atomic mass is 10.0. The number of piperidine rings is 1. The Balaban J connectivity index is 1.15. The van der Waals surface area contributed by atoms with Gasteiger partial charge in [-0.15, -0.1) is 0 Å². The Labute approximate surface area is 321 Å². The van der Waals surface area contributed by atoms with Crippen molar-refractivity contribution in [2.24, 2.45) is 0 Å². The largest absolute Gasteiger partial charge is 0.444 e. The molecular weight excluding hydrogens is 727 g/mol. The minimum absolute atomic E-state index is 0.0207. The maximum atomic E-state index is 14.2. The van der Waals surface area contributed by atoms with Gasteiger partial charge in [0.1, 0.15) is 42.4 Å². The average Bonchev–Trinajstić information content (AvgIpc) is 3.47. The Kier molecular flexibility index (Phi) is 12.2. The van der Waals surface area contributed by atoms with Crippen LogP contribution in [-0.4, -0.2) is 102 Å². The molecule has 2 aliphatic heterocycles. The van der Waals surface area contributed by atoms with E-state index in [2.05, 4.69) is 54.9 Å². The number of benzene rings is 1. The van der Waals surface area contributed by atoms with E-state index in [9.17, 15) is 18.4 Å². The van der Waals surface area contributed by atoms with Crippen molar-refractivity contribution in [3.63, 3.8) is 0 Å². The first kappa shape index (κ1) is 40.2. The van der Waals surface area contributed by atoms with Gasteiger partial charge in [0, 0.05) is 52.2 Å². The van der Waals surface area contributed by atoms with E-state index < -0.39 is 32.4 Å². The third-order valence-corrected chi connectivity index (χ3v) is 11.1. The average molecular weight is 779 g/mol. The summed E-state index contributed by atoms with van der Waals surface area (Å²) in [6.45, 7) is 14.9. The lowest BCUT2D eigenvalue weighted by Gasteiger charge is -2.33. The van der Waals surface area contributed by atoms with E-state index in [4.69, 9.17) is 9.47 Å². The Morgan fingerprint density at radius 1 is 1.05 bits per heavy atom. The Morgan fingerprint density at radius 3 is 2.56 bits per heavy atom. The zero-order chi connectivity index (χ0) is 39.4. The summed E-state index contributed by atoms with van der Waals surface area (Å²) in [7, 11) is -1.33. The summed E-state index contributed by atoms with van der Waals surface area (Å²) in [6, 6.07) is 14.0. The van der Waals surface area contributed by atoms with Gasteiger partial charge in [-0.1, -0.05) is 31.8 Å². The second-order valence-electron chi connectivity index (χ2n) is 16.4. The van der Waals surface area contributed by atoms with Crippen LogP contribution < -0.4 is 15.5 Å². The molecule has 13 nitrogen and oxygen atoms in total. The van der Waals surface area contributed by atoms with Crippen molar-refractivity contribution in [1.29, 1.82) is 0 Å². The molecule has 6 rings (SSSR count). The number of pyridine rings is 1. The molecule has 0 bridgehead atoms. The number of carbonyl (C=O) groups excluding carboxylic acids is 2. The molecule has 5 heterocycles. The number of amides is 2. The fraction of sp³-hybridized carbons (Fsp3) is 0.513. The fourth-order valence-corrected chi connectivity index (χ4v) is 7.46. The number of morpholine rings is 1. The normalized spacial score (nSPS) is 18.0. The van der Waals surface area contributed by atoms with Gasteiger partial charge in [0.05, 0.1) is 17.7 Å². The lowest BCUT2D eigenvalue weighted by Crippen LogP contribution is -2.48. The highest BCUT2D eigenvalue weighted by Crippen LogP contribution is 2.35. The Morgan fingerprint density at radius 2 is 1.84 bits per heavy atom. The quantitative estimate of drug-likeness (QED) is 0.115. The van der Waals surface area contributed by atoms with Crippen LogP contribution in [0.2, 0.25) is 25.7 Å². The summed E-state index contributed by atoms with van der Waals surface area (Å²) in [5.74, 6) is 0.0658. The second-order valence-corrected chi connectivity index (χ2v) is 22.1. The van der Waals surface area contributed by atoms with Crippen LogP contribution in [0.1, 0.15) is 49.7 Å².